The van der Waals surface area contributed by atoms with E-state index in [0.717, 1.165) is 22.8 Å². The molecule has 0 aliphatic carbocycles. The van der Waals surface area contributed by atoms with Crippen molar-refractivity contribution in [2.24, 2.45) is 0 Å². The Morgan fingerprint density at radius 3 is 2.27 bits per heavy atom. The molecule has 0 saturated carbocycles. The van der Waals surface area contributed by atoms with E-state index in [1.807, 2.05) is 31.2 Å². The lowest BCUT2D eigenvalue weighted by Gasteiger charge is -2.20. The van der Waals surface area contributed by atoms with E-state index in [0.29, 0.717) is 6.42 Å². The Bertz CT molecular complexity index is 704. The third kappa shape index (κ3) is 6.69. The number of amides is 1. The fraction of sp³-hybridized carbons (Fsp3) is 0.409. The summed E-state index contributed by atoms with van der Waals surface area (Å²) in [5, 5.41) is 3.84. The molecule has 0 aliphatic rings. The van der Waals surface area contributed by atoms with Gasteiger partial charge in [-0.3, -0.25) is 4.79 Å². The van der Waals surface area contributed by atoms with E-state index >= 15 is 0 Å². The van der Waals surface area contributed by atoms with E-state index in [4.69, 9.17) is 11.6 Å². The number of nitrogens with one attached hydrogen (secondary N) is 1. The first-order chi connectivity index (χ1) is 12.3. The van der Waals surface area contributed by atoms with Crippen molar-refractivity contribution in [1.82, 2.24) is 5.32 Å². The van der Waals surface area contributed by atoms with Crippen LogP contribution in [0.15, 0.2) is 53.4 Å². The number of halogens is 1. The van der Waals surface area contributed by atoms with Crippen molar-refractivity contribution in [1.29, 1.82) is 0 Å². The molecule has 2 nitrogen and oxygen atoms in total. The molecular formula is C22H28ClNOS. The van der Waals surface area contributed by atoms with Crippen molar-refractivity contribution in [3.05, 3.63) is 64.7 Å². The van der Waals surface area contributed by atoms with Crippen molar-refractivity contribution in [3.8, 4) is 0 Å². The first kappa shape index (κ1) is 20.9. The van der Waals surface area contributed by atoms with Crippen molar-refractivity contribution in [2.75, 3.05) is 5.75 Å². The zero-order chi connectivity index (χ0) is 19.2. The van der Waals surface area contributed by atoms with Crippen LogP contribution in [-0.4, -0.2) is 11.7 Å². The van der Waals surface area contributed by atoms with Crippen molar-refractivity contribution < 1.29 is 4.79 Å². The molecular weight excluding hydrogens is 362 g/mol. The Labute approximate surface area is 166 Å². The number of hydrogen-bond acceptors (Lipinski definition) is 2. The van der Waals surface area contributed by atoms with E-state index in [9.17, 15) is 4.79 Å². The number of carbonyl (C=O) groups is 1. The average Bonchev–Trinajstić information content (AvgIpc) is 2.59. The highest BCUT2D eigenvalue weighted by atomic mass is 35.5. The summed E-state index contributed by atoms with van der Waals surface area (Å²) in [4.78, 5) is 13.4. The minimum absolute atomic E-state index is 0.0282. The van der Waals surface area contributed by atoms with E-state index < -0.39 is 0 Å². The van der Waals surface area contributed by atoms with Crippen LogP contribution in [0.4, 0.5) is 0 Å². The molecule has 2 rings (SSSR count). The Hall–Kier alpha value is -1.45. The quantitative estimate of drug-likeness (QED) is 0.439. The van der Waals surface area contributed by atoms with Gasteiger partial charge < -0.3 is 5.32 Å². The van der Waals surface area contributed by atoms with Gasteiger partial charge in [-0.1, -0.05) is 56.6 Å². The van der Waals surface area contributed by atoms with Crippen LogP contribution in [-0.2, 0) is 10.2 Å². The van der Waals surface area contributed by atoms with Gasteiger partial charge in [0.15, 0.2) is 0 Å². The maximum atomic E-state index is 12.2. The highest BCUT2D eigenvalue weighted by Crippen LogP contribution is 2.24. The van der Waals surface area contributed by atoms with Crippen LogP contribution in [0.25, 0.3) is 0 Å². The van der Waals surface area contributed by atoms with Gasteiger partial charge in [0.1, 0.15) is 0 Å². The highest BCUT2D eigenvalue weighted by molar-refractivity contribution is 7.99. The Morgan fingerprint density at radius 2 is 1.69 bits per heavy atom. The molecule has 140 valence electrons. The molecule has 0 saturated heterocycles. The summed E-state index contributed by atoms with van der Waals surface area (Å²) in [6, 6.07) is 16.4. The number of carbonyl (C=O) groups excluding carboxylic acids is 1. The van der Waals surface area contributed by atoms with Gasteiger partial charge in [-0.2, -0.15) is 0 Å². The molecule has 26 heavy (non-hydrogen) atoms. The monoisotopic (exact) mass is 389 g/mol. The molecule has 4 heteroatoms. The molecule has 1 N–H and O–H groups in total. The maximum Gasteiger partial charge on any atom is 0.220 e. The first-order valence-electron chi connectivity index (χ1n) is 9.04. The Kier molecular flexibility index (Phi) is 7.60. The van der Waals surface area contributed by atoms with Crippen LogP contribution in [0.2, 0.25) is 5.02 Å². The normalized spacial score (nSPS) is 12.7. The van der Waals surface area contributed by atoms with Crippen molar-refractivity contribution >= 4 is 29.3 Å². The lowest BCUT2D eigenvalue weighted by molar-refractivity contribution is -0.121. The molecule has 0 fully saturated rings. The molecule has 1 atom stereocenters. The van der Waals surface area contributed by atoms with Gasteiger partial charge in [0, 0.05) is 16.3 Å². The highest BCUT2D eigenvalue weighted by Gasteiger charge is 2.14. The Morgan fingerprint density at radius 1 is 1.08 bits per heavy atom. The average molecular weight is 390 g/mol. The summed E-state index contributed by atoms with van der Waals surface area (Å²) in [5.41, 5.74) is 2.59. The van der Waals surface area contributed by atoms with Crippen LogP contribution < -0.4 is 5.32 Å². The summed E-state index contributed by atoms with van der Waals surface area (Å²) >= 11 is 7.63. The van der Waals surface area contributed by atoms with Gasteiger partial charge in [-0.15, -0.1) is 11.8 Å². The third-order valence-electron chi connectivity index (χ3n) is 4.28. The van der Waals surface area contributed by atoms with Crippen LogP contribution in [0.1, 0.15) is 57.7 Å². The van der Waals surface area contributed by atoms with Crippen LogP contribution >= 0.6 is 23.4 Å². The Balaban J connectivity index is 1.73. The molecule has 0 spiro atoms. The largest absolute Gasteiger partial charge is 0.350 e. The summed E-state index contributed by atoms with van der Waals surface area (Å²) in [7, 11) is 0. The number of rotatable bonds is 7. The molecule has 0 heterocycles. The van der Waals surface area contributed by atoms with Gasteiger partial charge in [0.25, 0.3) is 0 Å². The fourth-order valence-electron chi connectivity index (χ4n) is 2.62. The second-order valence-electron chi connectivity index (χ2n) is 7.57. The molecule has 1 amide bonds. The van der Waals surface area contributed by atoms with Gasteiger partial charge >= 0.3 is 0 Å². The molecule has 0 aliphatic heterocycles. The van der Waals surface area contributed by atoms with Gasteiger partial charge in [-0.25, -0.2) is 0 Å². The van der Waals surface area contributed by atoms with Gasteiger partial charge in [-0.05, 0) is 59.9 Å². The van der Waals surface area contributed by atoms with E-state index in [2.05, 4.69) is 50.4 Å². The molecule has 2 aromatic rings. The number of hydrogen-bond donors (Lipinski definition) is 1. The van der Waals surface area contributed by atoms with Gasteiger partial charge in [0.2, 0.25) is 5.91 Å². The second-order valence-corrected chi connectivity index (χ2v) is 9.17. The minimum atomic E-state index is 0.0282. The lowest BCUT2D eigenvalue weighted by Crippen LogP contribution is -2.26. The third-order valence-corrected chi connectivity index (χ3v) is 5.64. The van der Waals surface area contributed by atoms with Crippen LogP contribution in [0.3, 0.4) is 0 Å². The summed E-state index contributed by atoms with van der Waals surface area (Å²) in [5.74, 6) is 1.03. The molecule has 0 bridgehead atoms. The van der Waals surface area contributed by atoms with Crippen LogP contribution in [0, 0.1) is 0 Å². The smallest absolute Gasteiger partial charge is 0.220 e. The molecule has 0 unspecified atom stereocenters. The van der Waals surface area contributed by atoms with E-state index in [1.165, 1.54) is 10.5 Å². The maximum absolute atomic E-state index is 12.2. The van der Waals surface area contributed by atoms with Crippen molar-refractivity contribution in [2.45, 2.75) is 56.9 Å². The fourth-order valence-corrected chi connectivity index (χ4v) is 3.60. The predicted octanol–water partition coefficient (Wildman–Crippen LogP) is 6.39. The predicted molar refractivity (Wildman–Crippen MR) is 113 cm³/mol. The zero-order valence-electron chi connectivity index (χ0n) is 16.0. The molecule has 0 radical (unpaired) electrons. The molecule has 0 aromatic heterocycles. The van der Waals surface area contributed by atoms with Crippen molar-refractivity contribution in [3.63, 3.8) is 0 Å². The summed E-state index contributed by atoms with van der Waals surface area (Å²) in [6.07, 6.45) is 1.40. The first-order valence-corrected chi connectivity index (χ1v) is 10.4. The number of benzene rings is 2. The van der Waals surface area contributed by atoms with Gasteiger partial charge in [0.05, 0.1) is 6.04 Å². The number of thioether (sulfide) groups is 1. The lowest BCUT2D eigenvalue weighted by atomic mass is 9.86. The summed E-state index contributed by atoms with van der Waals surface area (Å²) < 4.78 is 0. The SMILES string of the molecule is C[C@H](NC(=O)CCCSc1ccc(Cl)cc1)c1ccc(C(C)(C)C)cc1. The van der Waals surface area contributed by atoms with E-state index in [1.54, 1.807) is 11.8 Å². The minimum Gasteiger partial charge on any atom is -0.350 e. The van der Waals surface area contributed by atoms with E-state index in [-0.39, 0.29) is 17.4 Å². The summed E-state index contributed by atoms with van der Waals surface area (Å²) in [6.45, 7) is 8.65. The van der Waals surface area contributed by atoms with Crippen LogP contribution in [0.5, 0.6) is 0 Å². The second kappa shape index (κ2) is 9.48. The zero-order valence-corrected chi connectivity index (χ0v) is 17.6. The standard InChI is InChI=1S/C22H28ClNOS/c1-16(17-7-9-18(10-8-17)22(2,3)4)24-21(25)6-5-15-26-20-13-11-19(23)12-14-20/h7-14,16H,5-6,15H2,1-4H3,(H,24,25)/t16-/m0/s1. The topological polar surface area (TPSA) is 29.1 Å². The molecule has 2 aromatic carbocycles.